The van der Waals surface area contributed by atoms with Gasteiger partial charge < -0.3 is 9.84 Å². The fraction of sp³-hybridized carbons (Fsp3) is 0.353. The van der Waals surface area contributed by atoms with Crippen LogP contribution >= 0.6 is 0 Å². The predicted molar refractivity (Wildman–Crippen MR) is 77.3 cm³/mol. The fourth-order valence-corrected chi connectivity index (χ4v) is 3.07. The van der Waals surface area contributed by atoms with Gasteiger partial charge in [0.2, 0.25) is 0 Å². The van der Waals surface area contributed by atoms with Crippen molar-refractivity contribution in [2.24, 2.45) is 0 Å². The van der Waals surface area contributed by atoms with Gasteiger partial charge in [0.25, 0.3) is 0 Å². The summed E-state index contributed by atoms with van der Waals surface area (Å²) in [5.74, 6) is -0.286. The molecule has 21 heavy (non-hydrogen) atoms. The first kappa shape index (κ1) is 14.2. The summed E-state index contributed by atoms with van der Waals surface area (Å²) in [5.41, 5.74) is 0.877. The van der Waals surface area contributed by atoms with Crippen molar-refractivity contribution in [2.75, 3.05) is 13.2 Å². The molecule has 1 unspecified atom stereocenters. The third-order valence-electron chi connectivity index (χ3n) is 4.28. The van der Waals surface area contributed by atoms with Crippen molar-refractivity contribution in [3.8, 4) is 0 Å². The molecule has 110 valence electrons. The van der Waals surface area contributed by atoms with Crippen LogP contribution in [0.3, 0.4) is 0 Å². The highest BCUT2D eigenvalue weighted by atomic mass is 19.1. The van der Waals surface area contributed by atoms with E-state index in [1.165, 1.54) is 12.1 Å². The topological polar surface area (TPSA) is 42.4 Å². The minimum atomic E-state index is -0.774. The summed E-state index contributed by atoms with van der Waals surface area (Å²) in [4.78, 5) is 4.26. The number of pyridine rings is 1. The zero-order chi connectivity index (χ0) is 14.7. The van der Waals surface area contributed by atoms with Crippen molar-refractivity contribution in [3.05, 3.63) is 65.7 Å². The number of hydrogen-bond donors (Lipinski definition) is 1. The molecule has 0 spiro atoms. The van der Waals surface area contributed by atoms with Crippen LogP contribution in [0.2, 0.25) is 0 Å². The van der Waals surface area contributed by atoms with E-state index >= 15 is 0 Å². The first-order chi connectivity index (χ1) is 10.2. The van der Waals surface area contributed by atoms with Gasteiger partial charge in [0.1, 0.15) is 11.9 Å². The lowest BCUT2D eigenvalue weighted by molar-refractivity contribution is -0.0188. The van der Waals surface area contributed by atoms with Gasteiger partial charge in [-0.25, -0.2) is 4.39 Å². The summed E-state index contributed by atoms with van der Waals surface area (Å²) in [6.07, 6.45) is 2.18. The lowest BCUT2D eigenvalue weighted by Crippen LogP contribution is -2.40. The number of aliphatic hydroxyl groups is 1. The van der Waals surface area contributed by atoms with Crippen LogP contribution in [-0.4, -0.2) is 23.3 Å². The number of benzene rings is 1. The van der Waals surface area contributed by atoms with Gasteiger partial charge in [0.05, 0.1) is 5.69 Å². The monoisotopic (exact) mass is 287 g/mol. The fourth-order valence-electron chi connectivity index (χ4n) is 3.07. The van der Waals surface area contributed by atoms with Crippen LogP contribution in [0.1, 0.15) is 30.2 Å². The van der Waals surface area contributed by atoms with E-state index in [4.69, 9.17) is 4.74 Å². The molecule has 2 heterocycles. The Morgan fingerprint density at radius 1 is 1.14 bits per heavy atom. The number of aliphatic hydroxyl groups excluding tert-OH is 1. The molecule has 1 atom stereocenters. The molecule has 1 aromatic carbocycles. The lowest BCUT2D eigenvalue weighted by atomic mass is 9.69. The third-order valence-corrected chi connectivity index (χ3v) is 4.28. The van der Waals surface area contributed by atoms with E-state index in [1.807, 2.05) is 18.2 Å². The molecule has 0 saturated carbocycles. The summed E-state index contributed by atoms with van der Waals surface area (Å²) < 4.78 is 19.1. The second-order valence-electron chi connectivity index (χ2n) is 5.44. The molecule has 1 aromatic heterocycles. The summed E-state index contributed by atoms with van der Waals surface area (Å²) in [5, 5.41) is 10.9. The highest BCUT2D eigenvalue weighted by molar-refractivity contribution is 5.31. The SMILES string of the molecule is OC(c1ccccn1)C1(c2cccc(F)c2)CCOCC1. The summed E-state index contributed by atoms with van der Waals surface area (Å²) in [7, 11) is 0. The number of nitrogens with zero attached hydrogens (tertiary/aromatic N) is 1. The molecule has 0 aliphatic carbocycles. The highest BCUT2D eigenvalue weighted by Gasteiger charge is 2.42. The molecule has 1 aliphatic rings. The zero-order valence-corrected chi connectivity index (χ0v) is 11.7. The Balaban J connectivity index is 2.05. The van der Waals surface area contributed by atoms with E-state index in [0.717, 1.165) is 5.56 Å². The molecule has 1 fully saturated rings. The zero-order valence-electron chi connectivity index (χ0n) is 11.7. The Kier molecular flexibility index (Phi) is 3.99. The summed E-state index contributed by atoms with van der Waals surface area (Å²) in [6, 6.07) is 12.0. The highest BCUT2D eigenvalue weighted by Crippen LogP contribution is 2.44. The van der Waals surface area contributed by atoms with Crippen LogP contribution in [0.15, 0.2) is 48.7 Å². The Hall–Kier alpha value is -1.78. The van der Waals surface area contributed by atoms with Crippen molar-refractivity contribution in [2.45, 2.75) is 24.4 Å². The maximum atomic E-state index is 13.6. The van der Waals surface area contributed by atoms with E-state index in [-0.39, 0.29) is 5.82 Å². The maximum Gasteiger partial charge on any atom is 0.123 e. The van der Waals surface area contributed by atoms with Gasteiger partial charge in [-0.3, -0.25) is 4.98 Å². The van der Waals surface area contributed by atoms with Gasteiger partial charge in [0.15, 0.2) is 0 Å². The van der Waals surface area contributed by atoms with Crippen molar-refractivity contribution >= 4 is 0 Å². The van der Waals surface area contributed by atoms with Crippen LogP contribution in [0.25, 0.3) is 0 Å². The van der Waals surface area contributed by atoms with Gasteiger partial charge in [-0.05, 0) is 42.7 Å². The smallest absolute Gasteiger partial charge is 0.123 e. The first-order valence-corrected chi connectivity index (χ1v) is 7.15. The van der Waals surface area contributed by atoms with E-state index in [0.29, 0.717) is 31.7 Å². The standard InChI is InChI=1S/C17H18FNO2/c18-14-5-3-4-13(12-14)17(7-10-21-11-8-17)16(20)15-6-1-2-9-19-15/h1-6,9,12,16,20H,7-8,10-11H2. The average Bonchev–Trinajstić information content (AvgIpc) is 2.55. The van der Waals surface area contributed by atoms with Gasteiger partial charge in [-0.15, -0.1) is 0 Å². The molecule has 1 saturated heterocycles. The Morgan fingerprint density at radius 3 is 2.62 bits per heavy atom. The van der Waals surface area contributed by atoms with Crippen molar-refractivity contribution in [3.63, 3.8) is 0 Å². The van der Waals surface area contributed by atoms with Crippen LogP contribution in [0, 0.1) is 5.82 Å². The molecular weight excluding hydrogens is 269 g/mol. The number of halogens is 1. The molecule has 3 rings (SSSR count). The molecule has 2 aromatic rings. The van der Waals surface area contributed by atoms with Crippen molar-refractivity contribution in [1.82, 2.24) is 4.98 Å². The van der Waals surface area contributed by atoms with E-state index < -0.39 is 11.5 Å². The maximum absolute atomic E-state index is 13.6. The molecule has 1 aliphatic heterocycles. The predicted octanol–water partition coefficient (Wildman–Crippen LogP) is 3.00. The van der Waals surface area contributed by atoms with E-state index in [9.17, 15) is 9.50 Å². The molecule has 4 heteroatoms. The second kappa shape index (κ2) is 5.92. The second-order valence-corrected chi connectivity index (χ2v) is 5.44. The van der Waals surface area contributed by atoms with Gasteiger partial charge in [0, 0.05) is 24.8 Å². The van der Waals surface area contributed by atoms with Gasteiger partial charge in [-0.1, -0.05) is 18.2 Å². The number of ether oxygens (including phenoxy) is 1. The van der Waals surface area contributed by atoms with Crippen LogP contribution in [0.4, 0.5) is 4.39 Å². The quantitative estimate of drug-likeness (QED) is 0.943. The molecule has 3 nitrogen and oxygen atoms in total. The Labute approximate surface area is 123 Å². The Morgan fingerprint density at radius 2 is 1.95 bits per heavy atom. The number of aromatic nitrogens is 1. The molecule has 0 amide bonds. The largest absolute Gasteiger partial charge is 0.386 e. The van der Waals surface area contributed by atoms with Crippen LogP contribution < -0.4 is 0 Å². The van der Waals surface area contributed by atoms with E-state index in [2.05, 4.69) is 4.98 Å². The first-order valence-electron chi connectivity index (χ1n) is 7.15. The Bertz CT molecular complexity index is 597. The summed E-state index contributed by atoms with van der Waals surface area (Å²) in [6.45, 7) is 1.11. The molecule has 1 N–H and O–H groups in total. The van der Waals surface area contributed by atoms with E-state index in [1.54, 1.807) is 18.3 Å². The molecule has 0 radical (unpaired) electrons. The number of hydrogen-bond acceptors (Lipinski definition) is 3. The minimum Gasteiger partial charge on any atom is -0.386 e. The van der Waals surface area contributed by atoms with Crippen LogP contribution in [-0.2, 0) is 10.2 Å². The summed E-state index contributed by atoms with van der Waals surface area (Å²) >= 11 is 0. The minimum absolute atomic E-state index is 0.286. The van der Waals surface area contributed by atoms with Crippen molar-refractivity contribution in [1.29, 1.82) is 0 Å². The molecule has 0 bridgehead atoms. The molecular formula is C17H18FNO2. The normalized spacial score (nSPS) is 19.1. The lowest BCUT2D eigenvalue weighted by Gasteiger charge is -2.41. The third kappa shape index (κ3) is 2.69. The van der Waals surface area contributed by atoms with Crippen molar-refractivity contribution < 1.29 is 14.2 Å². The van der Waals surface area contributed by atoms with Gasteiger partial charge >= 0.3 is 0 Å². The average molecular weight is 287 g/mol. The van der Waals surface area contributed by atoms with Crippen LogP contribution in [0.5, 0.6) is 0 Å². The van der Waals surface area contributed by atoms with Gasteiger partial charge in [-0.2, -0.15) is 0 Å². The number of rotatable bonds is 3.